The molecule has 2 heterocycles. The van der Waals surface area contributed by atoms with Gasteiger partial charge in [0.25, 0.3) is 5.91 Å². The summed E-state index contributed by atoms with van der Waals surface area (Å²) in [5.74, 6) is 0.618. The van der Waals surface area contributed by atoms with E-state index in [9.17, 15) is 4.79 Å². The quantitative estimate of drug-likeness (QED) is 0.845. The summed E-state index contributed by atoms with van der Waals surface area (Å²) in [5.41, 5.74) is 2.54. The average molecular weight is 284 g/mol. The van der Waals surface area contributed by atoms with Gasteiger partial charge in [0.2, 0.25) is 0 Å². The maximum absolute atomic E-state index is 12.5. The maximum Gasteiger partial charge on any atom is 0.276 e. The van der Waals surface area contributed by atoms with Gasteiger partial charge in [-0.3, -0.25) is 4.79 Å². The molecule has 0 saturated carbocycles. The number of amides is 1. The van der Waals surface area contributed by atoms with Gasteiger partial charge >= 0.3 is 0 Å². The molecule has 0 radical (unpaired) electrons. The van der Waals surface area contributed by atoms with Crippen LogP contribution in [-0.2, 0) is 0 Å². The average Bonchev–Trinajstić information content (AvgIpc) is 2.98. The van der Waals surface area contributed by atoms with Gasteiger partial charge in [0.1, 0.15) is 0 Å². The first-order chi connectivity index (χ1) is 10.1. The number of hydrogen-bond donors (Lipinski definition) is 0. The van der Waals surface area contributed by atoms with Gasteiger partial charge in [0, 0.05) is 24.2 Å². The SMILES string of the molecule is Cc1ccc(-c2cc(C(=O)N3CCCCC3C)no2)cc1. The zero-order valence-corrected chi connectivity index (χ0v) is 12.5. The first kappa shape index (κ1) is 13.9. The molecular formula is C17H20N2O2. The van der Waals surface area contributed by atoms with Gasteiger partial charge in [-0.05, 0) is 33.1 Å². The number of benzene rings is 1. The van der Waals surface area contributed by atoms with Gasteiger partial charge in [0.05, 0.1) is 0 Å². The largest absolute Gasteiger partial charge is 0.355 e. The van der Waals surface area contributed by atoms with E-state index in [-0.39, 0.29) is 11.9 Å². The Morgan fingerprint density at radius 1 is 1.29 bits per heavy atom. The van der Waals surface area contributed by atoms with E-state index < -0.39 is 0 Å². The second-order valence-corrected chi connectivity index (χ2v) is 5.79. The van der Waals surface area contributed by atoms with Crippen LogP contribution >= 0.6 is 0 Å². The molecular weight excluding hydrogens is 264 g/mol. The molecule has 1 aliphatic rings. The number of nitrogens with zero attached hydrogens (tertiary/aromatic N) is 2. The number of carbonyl (C=O) groups excluding carboxylic acids is 1. The van der Waals surface area contributed by atoms with Crippen LogP contribution in [0, 0.1) is 6.92 Å². The Hall–Kier alpha value is -2.10. The Kier molecular flexibility index (Phi) is 3.78. The lowest BCUT2D eigenvalue weighted by atomic mass is 10.0. The molecule has 1 fully saturated rings. The van der Waals surface area contributed by atoms with Crippen molar-refractivity contribution < 1.29 is 9.32 Å². The summed E-state index contributed by atoms with van der Waals surface area (Å²) in [4.78, 5) is 14.4. The number of rotatable bonds is 2. The van der Waals surface area contributed by atoms with E-state index in [0.29, 0.717) is 11.5 Å². The fourth-order valence-corrected chi connectivity index (χ4v) is 2.78. The Bertz CT molecular complexity index is 630. The summed E-state index contributed by atoms with van der Waals surface area (Å²) in [6.45, 7) is 4.95. The predicted octanol–water partition coefficient (Wildman–Crippen LogP) is 3.66. The molecule has 1 saturated heterocycles. The van der Waals surface area contributed by atoms with Crippen molar-refractivity contribution in [1.29, 1.82) is 0 Å². The Morgan fingerprint density at radius 3 is 2.76 bits per heavy atom. The number of likely N-dealkylation sites (tertiary alicyclic amines) is 1. The van der Waals surface area contributed by atoms with Crippen molar-refractivity contribution in [3.05, 3.63) is 41.6 Å². The summed E-state index contributed by atoms with van der Waals surface area (Å²) in [6.07, 6.45) is 3.32. The van der Waals surface area contributed by atoms with Gasteiger partial charge in [-0.25, -0.2) is 0 Å². The Labute approximate surface area is 124 Å². The van der Waals surface area contributed by atoms with E-state index in [1.807, 2.05) is 36.1 Å². The van der Waals surface area contributed by atoms with E-state index in [2.05, 4.69) is 12.1 Å². The van der Waals surface area contributed by atoms with Crippen LogP contribution in [0.2, 0.25) is 0 Å². The smallest absolute Gasteiger partial charge is 0.276 e. The van der Waals surface area contributed by atoms with Crippen LogP contribution in [0.3, 0.4) is 0 Å². The second-order valence-electron chi connectivity index (χ2n) is 5.79. The first-order valence-electron chi connectivity index (χ1n) is 7.50. The second kappa shape index (κ2) is 5.72. The topological polar surface area (TPSA) is 46.3 Å². The molecule has 110 valence electrons. The highest BCUT2D eigenvalue weighted by molar-refractivity contribution is 5.93. The van der Waals surface area contributed by atoms with E-state index in [0.717, 1.165) is 24.9 Å². The molecule has 1 aliphatic heterocycles. The molecule has 2 aromatic rings. The lowest BCUT2D eigenvalue weighted by Crippen LogP contribution is -2.42. The Morgan fingerprint density at radius 2 is 2.05 bits per heavy atom. The molecule has 3 rings (SSSR count). The zero-order chi connectivity index (χ0) is 14.8. The minimum absolute atomic E-state index is 0.0238. The molecule has 1 aromatic heterocycles. The summed E-state index contributed by atoms with van der Waals surface area (Å²) in [7, 11) is 0. The number of piperidine rings is 1. The van der Waals surface area contributed by atoms with Crippen molar-refractivity contribution in [3.63, 3.8) is 0 Å². The van der Waals surface area contributed by atoms with E-state index in [1.165, 1.54) is 12.0 Å². The summed E-state index contributed by atoms with van der Waals surface area (Å²) < 4.78 is 5.34. The van der Waals surface area contributed by atoms with Crippen molar-refractivity contribution in [2.45, 2.75) is 39.2 Å². The molecule has 21 heavy (non-hydrogen) atoms. The lowest BCUT2D eigenvalue weighted by molar-refractivity contribution is 0.0625. The van der Waals surface area contributed by atoms with Gasteiger partial charge < -0.3 is 9.42 Å². The molecule has 4 nitrogen and oxygen atoms in total. The van der Waals surface area contributed by atoms with Crippen molar-refractivity contribution >= 4 is 5.91 Å². The van der Waals surface area contributed by atoms with Crippen molar-refractivity contribution in [2.24, 2.45) is 0 Å². The van der Waals surface area contributed by atoms with Crippen LogP contribution < -0.4 is 0 Å². The van der Waals surface area contributed by atoms with Gasteiger partial charge in [-0.1, -0.05) is 35.0 Å². The fraction of sp³-hybridized carbons (Fsp3) is 0.412. The van der Waals surface area contributed by atoms with E-state index >= 15 is 0 Å². The van der Waals surface area contributed by atoms with Crippen LogP contribution in [0.4, 0.5) is 0 Å². The van der Waals surface area contributed by atoms with Crippen molar-refractivity contribution in [1.82, 2.24) is 10.1 Å². The third-order valence-corrected chi connectivity index (χ3v) is 4.13. The number of hydrogen-bond acceptors (Lipinski definition) is 3. The minimum atomic E-state index is -0.0238. The lowest BCUT2D eigenvalue weighted by Gasteiger charge is -2.32. The van der Waals surface area contributed by atoms with E-state index in [4.69, 9.17) is 4.52 Å². The van der Waals surface area contributed by atoms with Crippen LogP contribution in [0.25, 0.3) is 11.3 Å². The highest BCUT2D eigenvalue weighted by atomic mass is 16.5. The van der Waals surface area contributed by atoms with Gasteiger partial charge in [-0.2, -0.15) is 0 Å². The third kappa shape index (κ3) is 2.84. The van der Waals surface area contributed by atoms with E-state index in [1.54, 1.807) is 6.07 Å². The van der Waals surface area contributed by atoms with Crippen LogP contribution in [0.15, 0.2) is 34.9 Å². The number of aromatic nitrogens is 1. The van der Waals surface area contributed by atoms with Crippen LogP contribution in [0.5, 0.6) is 0 Å². The molecule has 1 atom stereocenters. The monoisotopic (exact) mass is 284 g/mol. The summed E-state index contributed by atoms with van der Waals surface area (Å²) in [5, 5.41) is 3.96. The molecule has 0 N–H and O–H groups in total. The van der Waals surface area contributed by atoms with Crippen LogP contribution in [-0.4, -0.2) is 28.6 Å². The van der Waals surface area contributed by atoms with Gasteiger partial charge in [0.15, 0.2) is 11.5 Å². The molecule has 1 amide bonds. The Balaban J connectivity index is 1.81. The molecule has 0 bridgehead atoms. The zero-order valence-electron chi connectivity index (χ0n) is 12.5. The number of aryl methyl sites for hydroxylation is 1. The highest BCUT2D eigenvalue weighted by Crippen LogP contribution is 2.23. The third-order valence-electron chi connectivity index (χ3n) is 4.13. The van der Waals surface area contributed by atoms with Gasteiger partial charge in [-0.15, -0.1) is 0 Å². The molecule has 4 heteroatoms. The highest BCUT2D eigenvalue weighted by Gasteiger charge is 2.26. The summed E-state index contributed by atoms with van der Waals surface area (Å²) in [6, 6.07) is 10.0. The molecule has 1 unspecified atom stereocenters. The summed E-state index contributed by atoms with van der Waals surface area (Å²) >= 11 is 0. The molecule has 0 spiro atoms. The van der Waals surface area contributed by atoms with Crippen molar-refractivity contribution in [3.8, 4) is 11.3 Å². The van der Waals surface area contributed by atoms with Crippen molar-refractivity contribution in [2.75, 3.05) is 6.54 Å². The standard InChI is InChI=1S/C17H20N2O2/c1-12-6-8-14(9-7-12)16-11-15(18-21-16)17(20)19-10-4-3-5-13(19)2/h6-9,11,13H,3-5,10H2,1-2H3. The first-order valence-corrected chi connectivity index (χ1v) is 7.50. The number of carbonyl (C=O) groups is 1. The molecule has 1 aromatic carbocycles. The minimum Gasteiger partial charge on any atom is -0.355 e. The fourth-order valence-electron chi connectivity index (χ4n) is 2.78. The maximum atomic E-state index is 12.5. The molecule has 0 aliphatic carbocycles. The normalized spacial score (nSPS) is 18.8. The van der Waals surface area contributed by atoms with Crippen LogP contribution in [0.1, 0.15) is 42.2 Å². The predicted molar refractivity (Wildman–Crippen MR) is 81.0 cm³/mol.